The summed E-state index contributed by atoms with van der Waals surface area (Å²) in [5.74, 6) is 0. The molecule has 0 radical (unpaired) electrons. The minimum atomic E-state index is -0.490. The van der Waals surface area contributed by atoms with Crippen molar-refractivity contribution in [1.82, 2.24) is 0 Å². The van der Waals surface area contributed by atoms with E-state index in [4.69, 9.17) is 16.3 Å². The molecule has 6 nitrogen and oxygen atoms in total. The third kappa shape index (κ3) is 3.39. The molecule has 110 valence electrons. The molecule has 0 aromatic heterocycles. The lowest BCUT2D eigenvalue weighted by Gasteiger charge is -2.37. The van der Waals surface area contributed by atoms with E-state index in [1.807, 2.05) is 4.90 Å². The molecule has 1 aliphatic heterocycles. The minimum absolute atomic E-state index is 0.0185. The van der Waals surface area contributed by atoms with Crippen LogP contribution in [0.15, 0.2) is 18.2 Å². The van der Waals surface area contributed by atoms with E-state index in [2.05, 4.69) is 0 Å². The summed E-state index contributed by atoms with van der Waals surface area (Å²) >= 11 is 5.83. The molecule has 1 aliphatic rings. The highest BCUT2D eigenvalue weighted by Crippen LogP contribution is 2.33. The summed E-state index contributed by atoms with van der Waals surface area (Å²) < 4.78 is 5.41. The number of aliphatic hydroxyl groups excluding tert-OH is 1. The van der Waals surface area contributed by atoms with Crippen molar-refractivity contribution in [3.63, 3.8) is 0 Å². The van der Waals surface area contributed by atoms with Crippen molar-refractivity contribution in [2.45, 2.75) is 25.5 Å². The van der Waals surface area contributed by atoms with E-state index in [1.165, 1.54) is 6.07 Å². The monoisotopic (exact) mass is 300 g/mol. The van der Waals surface area contributed by atoms with E-state index < -0.39 is 11.0 Å². The first-order valence-electron chi connectivity index (χ1n) is 6.45. The highest BCUT2D eigenvalue weighted by atomic mass is 35.5. The molecule has 1 fully saturated rings. The predicted molar refractivity (Wildman–Crippen MR) is 76.4 cm³/mol. The van der Waals surface area contributed by atoms with Crippen LogP contribution in [-0.4, -0.2) is 41.9 Å². The maximum Gasteiger partial charge on any atom is 0.294 e. The van der Waals surface area contributed by atoms with E-state index in [9.17, 15) is 15.2 Å². The van der Waals surface area contributed by atoms with Gasteiger partial charge in [-0.1, -0.05) is 11.6 Å². The Balaban J connectivity index is 2.34. The molecule has 0 spiro atoms. The minimum Gasteiger partial charge on any atom is -0.393 e. The molecule has 1 heterocycles. The van der Waals surface area contributed by atoms with Gasteiger partial charge in [0.15, 0.2) is 0 Å². The largest absolute Gasteiger partial charge is 0.393 e. The summed E-state index contributed by atoms with van der Waals surface area (Å²) in [6, 6.07) is 4.56. The second-order valence-corrected chi connectivity index (χ2v) is 5.33. The fourth-order valence-electron chi connectivity index (χ4n) is 2.45. The van der Waals surface area contributed by atoms with Crippen LogP contribution in [0.1, 0.15) is 13.3 Å². The smallest absolute Gasteiger partial charge is 0.294 e. The zero-order valence-electron chi connectivity index (χ0n) is 11.2. The number of ether oxygens (including phenoxy) is 1. The Kier molecular flexibility index (Phi) is 4.80. The SMILES string of the molecule is C[C@@H](O)C[C@H]1COCCN1c1ccc(Cl)cc1[N+](=O)[O-]. The van der Waals surface area contributed by atoms with Crippen molar-refractivity contribution in [3.05, 3.63) is 33.3 Å². The Hall–Kier alpha value is -1.37. The molecule has 2 atom stereocenters. The zero-order chi connectivity index (χ0) is 14.7. The van der Waals surface area contributed by atoms with Crippen LogP contribution in [-0.2, 0) is 4.74 Å². The predicted octanol–water partition coefficient (Wildman–Crippen LogP) is 2.22. The Morgan fingerprint density at radius 2 is 2.40 bits per heavy atom. The molecular weight excluding hydrogens is 284 g/mol. The fraction of sp³-hybridized carbons (Fsp3) is 0.538. The summed E-state index contributed by atoms with van der Waals surface area (Å²) in [7, 11) is 0. The molecule has 20 heavy (non-hydrogen) atoms. The number of hydrogen-bond acceptors (Lipinski definition) is 5. The van der Waals surface area contributed by atoms with Gasteiger partial charge in [0.1, 0.15) is 5.69 Å². The molecule has 0 aliphatic carbocycles. The molecule has 0 bridgehead atoms. The molecular formula is C13H17ClN2O4. The van der Waals surface area contributed by atoms with Gasteiger partial charge in [0.25, 0.3) is 5.69 Å². The van der Waals surface area contributed by atoms with Crippen LogP contribution in [0.4, 0.5) is 11.4 Å². The van der Waals surface area contributed by atoms with E-state index in [-0.39, 0.29) is 11.7 Å². The molecule has 7 heteroatoms. The number of anilines is 1. The first-order valence-corrected chi connectivity index (χ1v) is 6.83. The number of nitro groups is 1. The van der Waals surface area contributed by atoms with Gasteiger partial charge >= 0.3 is 0 Å². The Morgan fingerprint density at radius 3 is 3.05 bits per heavy atom. The third-order valence-electron chi connectivity index (χ3n) is 3.28. The quantitative estimate of drug-likeness (QED) is 0.681. The van der Waals surface area contributed by atoms with Crippen molar-refractivity contribution < 1.29 is 14.8 Å². The summed E-state index contributed by atoms with van der Waals surface area (Å²) in [4.78, 5) is 12.7. The molecule has 0 unspecified atom stereocenters. The number of aliphatic hydroxyl groups is 1. The van der Waals surface area contributed by atoms with Crippen molar-refractivity contribution in [1.29, 1.82) is 0 Å². The van der Waals surface area contributed by atoms with Gasteiger partial charge in [0.2, 0.25) is 0 Å². The van der Waals surface area contributed by atoms with E-state index in [1.54, 1.807) is 19.1 Å². The number of halogens is 1. The lowest BCUT2D eigenvalue weighted by atomic mass is 10.1. The fourth-order valence-corrected chi connectivity index (χ4v) is 2.61. The lowest BCUT2D eigenvalue weighted by Crippen LogP contribution is -2.47. The number of rotatable bonds is 4. The summed E-state index contributed by atoms with van der Waals surface area (Å²) in [5, 5.41) is 21.1. The normalized spacial score (nSPS) is 20.8. The van der Waals surface area contributed by atoms with Gasteiger partial charge in [-0.3, -0.25) is 10.1 Å². The van der Waals surface area contributed by atoms with Crippen LogP contribution in [0.2, 0.25) is 5.02 Å². The Labute approximate surface area is 122 Å². The van der Waals surface area contributed by atoms with Crippen LogP contribution in [0.25, 0.3) is 0 Å². The standard InChI is InChI=1S/C13H17ClN2O4/c1-9(17)6-11-8-20-5-4-15(11)12-3-2-10(14)7-13(12)16(18)19/h2-3,7,9,11,17H,4-6,8H2,1H3/t9-,11+/m1/s1. The highest BCUT2D eigenvalue weighted by Gasteiger charge is 2.29. The van der Waals surface area contributed by atoms with Crippen LogP contribution in [0.5, 0.6) is 0 Å². The molecule has 2 rings (SSSR count). The van der Waals surface area contributed by atoms with Crippen molar-refractivity contribution >= 4 is 23.0 Å². The van der Waals surface area contributed by atoms with Crippen LogP contribution >= 0.6 is 11.6 Å². The third-order valence-corrected chi connectivity index (χ3v) is 3.52. The van der Waals surface area contributed by atoms with Crippen molar-refractivity contribution in [2.75, 3.05) is 24.7 Å². The maximum atomic E-state index is 11.2. The van der Waals surface area contributed by atoms with Crippen LogP contribution < -0.4 is 4.90 Å². The molecule has 1 aromatic carbocycles. The van der Waals surface area contributed by atoms with Gasteiger partial charge in [0, 0.05) is 17.6 Å². The number of nitro benzene ring substituents is 1. The zero-order valence-corrected chi connectivity index (χ0v) is 11.9. The van der Waals surface area contributed by atoms with Crippen LogP contribution in [0.3, 0.4) is 0 Å². The number of benzene rings is 1. The second-order valence-electron chi connectivity index (χ2n) is 4.90. The first kappa shape index (κ1) is 15.0. The van der Waals surface area contributed by atoms with E-state index in [0.717, 1.165) is 0 Å². The van der Waals surface area contributed by atoms with E-state index >= 15 is 0 Å². The number of hydrogen-bond donors (Lipinski definition) is 1. The maximum absolute atomic E-state index is 11.2. The lowest BCUT2D eigenvalue weighted by molar-refractivity contribution is -0.384. The molecule has 1 saturated heterocycles. The van der Waals surface area contributed by atoms with Gasteiger partial charge < -0.3 is 14.7 Å². The highest BCUT2D eigenvalue weighted by molar-refractivity contribution is 6.30. The first-order chi connectivity index (χ1) is 9.49. The molecule has 0 amide bonds. The molecule has 0 saturated carbocycles. The van der Waals surface area contributed by atoms with Gasteiger partial charge in [-0.2, -0.15) is 0 Å². The Bertz CT molecular complexity index is 495. The van der Waals surface area contributed by atoms with Gasteiger partial charge in [-0.05, 0) is 25.5 Å². The van der Waals surface area contributed by atoms with Gasteiger partial charge in [0.05, 0.1) is 30.3 Å². The summed E-state index contributed by atoms with van der Waals surface area (Å²) in [6.45, 7) is 3.21. The molecule has 1 N–H and O–H groups in total. The van der Waals surface area contributed by atoms with Gasteiger partial charge in [-0.15, -0.1) is 0 Å². The number of nitrogens with zero attached hydrogens (tertiary/aromatic N) is 2. The molecule has 1 aromatic rings. The van der Waals surface area contributed by atoms with Crippen molar-refractivity contribution in [3.8, 4) is 0 Å². The summed E-state index contributed by atoms with van der Waals surface area (Å²) in [6.07, 6.45) is 0.00956. The Morgan fingerprint density at radius 1 is 1.65 bits per heavy atom. The number of morpholine rings is 1. The topological polar surface area (TPSA) is 75.8 Å². The second kappa shape index (κ2) is 6.39. The van der Waals surface area contributed by atoms with Crippen LogP contribution in [0, 0.1) is 10.1 Å². The summed E-state index contributed by atoms with van der Waals surface area (Å²) in [5.41, 5.74) is 0.503. The van der Waals surface area contributed by atoms with E-state index in [0.29, 0.717) is 36.9 Å². The van der Waals surface area contributed by atoms with Crippen molar-refractivity contribution in [2.24, 2.45) is 0 Å². The average molecular weight is 301 g/mol. The average Bonchev–Trinajstić information content (AvgIpc) is 2.39. The van der Waals surface area contributed by atoms with Gasteiger partial charge in [-0.25, -0.2) is 0 Å².